The van der Waals surface area contributed by atoms with Crippen LogP contribution in [-0.4, -0.2) is 54.1 Å². The third kappa shape index (κ3) is 4.43. The quantitative estimate of drug-likeness (QED) is 0.747. The molecule has 0 aliphatic carbocycles. The van der Waals surface area contributed by atoms with Crippen LogP contribution in [0.3, 0.4) is 0 Å². The topological polar surface area (TPSA) is 35.6 Å². The van der Waals surface area contributed by atoms with E-state index in [1.807, 2.05) is 0 Å². The van der Waals surface area contributed by atoms with Crippen LogP contribution >= 0.6 is 0 Å². The fourth-order valence-electron chi connectivity index (χ4n) is 3.59. The van der Waals surface area contributed by atoms with Crippen LogP contribution in [0.2, 0.25) is 0 Å². The summed E-state index contributed by atoms with van der Waals surface area (Å²) in [5, 5.41) is 3.57. The second-order valence-corrected chi connectivity index (χ2v) is 6.98. The van der Waals surface area contributed by atoms with E-state index in [2.05, 4.69) is 35.9 Å². The highest BCUT2D eigenvalue weighted by molar-refractivity contribution is 5.84. The van der Waals surface area contributed by atoms with Gasteiger partial charge in [0.1, 0.15) is 0 Å². The molecule has 4 nitrogen and oxygen atoms in total. The number of hydrogen-bond acceptors (Lipinski definition) is 3. The zero-order valence-electron chi connectivity index (χ0n) is 14.1. The van der Waals surface area contributed by atoms with Gasteiger partial charge in [0.2, 0.25) is 5.91 Å². The summed E-state index contributed by atoms with van der Waals surface area (Å²) in [5.41, 5.74) is 0. The number of rotatable bonds is 8. The van der Waals surface area contributed by atoms with E-state index in [1.165, 1.54) is 25.9 Å². The fraction of sp³-hybridized carbons (Fsp3) is 0.941. The van der Waals surface area contributed by atoms with Crippen LogP contribution in [0.25, 0.3) is 0 Å². The van der Waals surface area contributed by atoms with Crippen molar-refractivity contribution in [1.82, 2.24) is 15.1 Å². The van der Waals surface area contributed by atoms with Crippen LogP contribution in [0.15, 0.2) is 0 Å². The number of amides is 1. The first-order valence-corrected chi connectivity index (χ1v) is 8.92. The summed E-state index contributed by atoms with van der Waals surface area (Å²) in [4.78, 5) is 17.3. The van der Waals surface area contributed by atoms with Crippen molar-refractivity contribution in [2.24, 2.45) is 5.92 Å². The third-order valence-electron chi connectivity index (χ3n) is 4.84. The molecule has 2 fully saturated rings. The summed E-state index contributed by atoms with van der Waals surface area (Å²) in [6.45, 7) is 11.2. The number of carbonyl (C=O) groups excluding carboxylic acids is 1. The second-order valence-electron chi connectivity index (χ2n) is 6.98. The van der Waals surface area contributed by atoms with Crippen LogP contribution in [0.5, 0.6) is 0 Å². The van der Waals surface area contributed by atoms with E-state index in [4.69, 9.17) is 0 Å². The van der Waals surface area contributed by atoms with E-state index < -0.39 is 0 Å². The van der Waals surface area contributed by atoms with Crippen molar-refractivity contribution in [1.29, 1.82) is 0 Å². The summed E-state index contributed by atoms with van der Waals surface area (Å²) in [5.74, 6) is 0.816. The maximum absolute atomic E-state index is 12.6. The minimum absolute atomic E-state index is 0.0594. The van der Waals surface area contributed by atoms with E-state index in [0.29, 0.717) is 11.8 Å². The molecule has 1 N–H and O–H groups in total. The van der Waals surface area contributed by atoms with E-state index in [1.54, 1.807) is 0 Å². The van der Waals surface area contributed by atoms with Gasteiger partial charge in [0.15, 0.2) is 0 Å². The summed E-state index contributed by atoms with van der Waals surface area (Å²) >= 11 is 0. The normalized spacial score (nSPS) is 27.2. The highest BCUT2D eigenvalue weighted by Crippen LogP contribution is 2.21. The van der Waals surface area contributed by atoms with Gasteiger partial charge in [-0.2, -0.15) is 0 Å². The standard InChI is InChI=1S/C17H33N3O/c1-4-5-9-15-17(21)20(16(18-15)14(2)3)13-8-12-19-10-6-7-11-19/h14-16,18H,4-13H2,1-3H3. The lowest BCUT2D eigenvalue weighted by molar-refractivity contribution is -0.130. The molecule has 0 aromatic heterocycles. The third-order valence-corrected chi connectivity index (χ3v) is 4.84. The number of hydrogen-bond donors (Lipinski definition) is 1. The smallest absolute Gasteiger partial charge is 0.241 e. The second kappa shape index (κ2) is 8.14. The minimum atomic E-state index is 0.0594. The monoisotopic (exact) mass is 295 g/mol. The molecule has 2 saturated heterocycles. The first-order valence-electron chi connectivity index (χ1n) is 8.92. The molecule has 4 heteroatoms. The summed E-state index contributed by atoms with van der Waals surface area (Å²) in [6.07, 6.45) is 7.31. The fourth-order valence-corrected chi connectivity index (χ4v) is 3.59. The average Bonchev–Trinajstić information content (AvgIpc) is 3.06. The molecule has 0 saturated carbocycles. The molecule has 2 unspecified atom stereocenters. The van der Waals surface area contributed by atoms with Crippen molar-refractivity contribution in [3.05, 3.63) is 0 Å². The zero-order chi connectivity index (χ0) is 15.2. The number of nitrogens with zero attached hydrogens (tertiary/aromatic N) is 2. The molecule has 0 radical (unpaired) electrons. The largest absolute Gasteiger partial charge is 0.325 e. The lowest BCUT2D eigenvalue weighted by Gasteiger charge is -2.28. The van der Waals surface area contributed by atoms with Crippen LogP contribution in [0.4, 0.5) is 0 Å². The Balaban J connectivity index is 1.83. The summed E-state index contributed by atoms with van der Waals surface area (Å²) < 4.78 is 0. The van der Waals surface area contributed by atoms with Gasteiger partial charge in [0.05, 0.1) is 12.2 Å². The van der Waals surface area contributed by atoms with Crippen LogP contribution in [0, 0.1) is 5.92 Å². The molecule has 0 aromatic rings. The molecular weight excluding hydrogens is 262 g/mol. The zero-order valence-corrected chi connectivity index (χ0v) is 14.1. The first kappa shape index (κ1) is 16.8. The number of unbranched alkanes of at least 4 members (excludes halogenated alkanes) is 1. The molecule has 0 bridgehead atoms. The Morgan fingerprint density at radius 3 is 2.52 bits per heavy atom. The molecule has 0 spiro atoms. The van der Waals surface area contributed by atoms with E-state index in [0.717, 1.165) is 38.8 Å². The molecule has 2 heterocycles. The van der Waals surface area contributed by atoms with Gasteiger partial charge in [0, 0.05) is 6.54 Å². The highest BCUT2D eigenvalue weighted by atomic mass is 16.2. The molecule has 2 aliphatic rings. The number of nitrogens with one attached hydrogen (secondary N) is 1. The average molecular weight is 295 g/mol. The summed E-state index contributed by atoms with van der Waals surface area (Å²) in [7, 11) is 0. The summed E-state index contributed by atoms with van der Waals surface area (Å²) in [6, 6.07) is 0.0594. The Bertz CT molecular complexity index is 326. The van der Waals surface area contributed by atoms with Gasteiger partial charge < -0.3 is 9.80 Å². The van der Waals surface area contributed by atoms with Gasteiger partial charge in [-0.05, 0) is 51.2 Å². The van der Waals surface area contributed by atoms with E-state index >= 15 is 0 Å². The molecule has 21 heavy (non-hydrogen) atoms. The predicted molar refractivity (Wildman–Crippen MR) is 87.1 cm³/mol. The molecule has 2 aliphatic heterocycles. The maximum atomic E-state index is 12.6. The predicted octanol–water partition coefficient (Wildman–Crippen LogP) is 2.45. The molecule has 122 valence electrons. The number of likely N-dealkylation sites (tertiary alicyclic amines) is 1. The van der Waals surface area contributed by atoms with Crippen molar-refractivity contribution >= 4 is 5.91 Å². The van der Waals surface area contributed by atoms with Gasteiger partial charge in [0.25, 0.3) is 0 Å². The Morgan fingerprint density at radius 2 is 1.90 bits per heavy atom. The Morgan fingerprint density at radius 1 is 1.19 bits per heavy atom. The molecule has 1 amide bonds. The molecule has 2 atom stereocenters. The van der Waals surface area contributed by atoms with E-state index in [9.17, 15) is 4.79 Å². The van der Waals surface area contributed by atoms with E-state index in [-0.39, 0.29) is 12.2 Å². The van der Waals surface area contributed by atoms with Crippen molar-refractivity contribution in [3.63, 3.8) is 0 Å². The van der Waals surface area contributed by atoms with Crippen LogP contribution in [-0.2, 0) is 4.79 Å². The Kier molecular flexibility index (Phi) is 6.49. The van der Waals surface area contributed by atoms with Gasteiger partial charge >= 0.3 is 0 Å². The van der Waals surface area contributed by atoms with Crippen molar-refractivity contribution < 1.29 is 4.79 Å². The lowest BCUT2D eigenvalue weighted by atomic mass is 10.1. The molecule has 0 aromatic carbocycles. The van der Waals surface area contributed by atoms with Crippen molar-refractivity contribution in [2.45, 2.75) is 71.5 Å². The first-order chi connectivity index (χ1) is 10.1. The lowest BCUT2D eigenvalue weighted by Crippen LogP contribution is -2.42. The molecular formula is C17H33N3O. The number of carbonyl (C=O) groups is 1. The van der Waals surface area contributed by atoms with Gasteiger partial charge in [-0.1, -0.05) is 33.6 Å². The van der Waals surface area contributed by atoms with Crippen molar-refractivity contribution in [2.75, 3.05) is 26.2 Å². The Hall–Kier alpha value is -0.610. The SMILES string of the molecule is CCCCC1NC(C(C)C)N(CCCN2CCCC2)C1=O. The molecule has 2 rings (SSSR count). The van der Waals surface area contributed by atoms with Crippen LogP contribution in [0.1, 0.15) is 59.3 Å². The highest BCUT2D eigenvalue weighted by Gasteiger charge is 2.39. The minimum Gasteiger partial charge on any atom is -0.325 e. The van der Waals surface area contributed by atoms with Crippen LogP contribution < -0.4 is 5.32 Å². The van der Waals surface area contributed by atoms with Gasteiger partial charge in [-0.15, -0.1) is 0 Å². The van der Waals surface area contributed by atoms with Gasteiger partial charge in [-0.25, -0.2) is 0 Å². The maximum Gasteiger partial charge on any atom is 0.241 e. The van der Waals surface area contributed by atoms with Gasteiger partial charge in [-0.3, -0.25) is 10.1 Å². The van der Waals surface area contributed by atoms with Crippen molar-refractivity contribution in [3.8, 4) is 0 Å². The Labute approximate surface area is 130 Å².